The van der Waals surface area contributed by atoms with Crippen molar-refractivity contribution in [1.82, 2.24) is 15.0 Å². The Morgan fingerprint density at radius 3 is 2.60 bits per heavy atom. The number of hydrogen-bond acceptors (Lipinski definition) is 4. The lowest BCUT2D eigenvalue weighted by Crippen LogP contribution is -2.00. The number of halogens is 2. The Morgan fingerprint density at radius 1 is 1.20 bits per heavy atom. The molecule has 2 aliphatic rings. The van der Waals surface area contributed by atoms with Crippen molar-refractivity contribution in [3.63, 3.8) is 0 Å². The van der Waals surface area contributed by atoms with Crippen molar-refractivity contribution >= 4 is 41.4 Å². The molecule has 20 heavy (non-hydrogen) atoms. The zero-order valence-electron chi connectivity index (χ0n) is 10.0. The summed E-state index contributed by atoms with van der Waals surface area (Å²) >= 11 is 17.7. The first-order valence-corrected chi connectivity index (χ1v) is 6.82. The quantitative estimate of drug-likeness (QED) is 0.659. The number of aromatic nitrogens is 3. The number of hydrogen-bond donors (Lipinski definition) is 2. The average Bonchev–Trinajstić information content (AvgIpc) is 2.39. The molecule has 0 saturated heterocycles. The molecule has 2 heterocycles. The fraction of sp³-hybridized carbons (Fsp3) is 0. The number of nitrogens with zero attached hydrogens (tertiary/aromatic N) is 2. The number of rotatable bonds is 1. The van der Waals surface area contributed by atoms with E-state index in [1.54, 1.807) is 24.4 Å². The van der Waals surface area contributed by atoms with Gasteiger partial charge in [0.15, 0.2) is 5.95 Å². The summed E-state index contributed by atoms with van der Waals surface area (Å²) in [4.78, 5) is 11.2. The second-order valence-electron chi connectivity index (χ2n) is 4.14. The van der Waals surface area contributed by atoms with Crippen LogP contribution in [-0.2, 0) is 0 Å². The lowest BCUT2D eigenvalue weighted by atomic mass is 10.1. The second kappa shape index (κ2) is 5.01. The Hall–Kier alpha value is -1.69. The number of benzene rings is 1. The van der Waals surface area contributed by atoms with Gasteiger partial charge in [0, 0.05) is 32.9 Å². The predicted molar refractivity (Wildman–Crippen MR) is 83.7 cm³/mol. The van der Waals surface area contributed by atoms with Gasteiger partial charge in [-0.1, -0.05) is 41.5 Å². The summed E-state index contributed by atoms with van der Waals surface area (Å²) in [5, 5.41) is 1.05. The van der Waals surface area contributed by atoms with Gasteiger partial charge in [0.2, 0.25) is 0 Å². The van der Waals surface area contributed by atoms with E-state index in [1.165, 1.54) is 0 Å². The van der Waals surface area contributed by atoms with E-state index in [0.29, 0.717) is 31.6 Å². The third-order valence-corrected chi connectivity index (χ3v) is 3.78. The minimum Gasteiger partial charge on any atom is -0.369 e. The lowest BCUT2D eigenvalue weighted by Gasteiger charge is -2.11. The Kier molecular flexibility index (Phi) is 3.33. The number of nitrogens with one attached hydrogen (secondary N) is 1. The average molecular weight is 323 g/mol. The first-order valence-electron chi connectivity index (χ1n) is 5.66. The molecule has 100 valence electrons. The smallest absolute Gasteiger partial charge is 0.198 e. The second-order valence-corrected chi connectivity index (χ2v) is 5.35. The molecule has 7 heteroatoms. The van der Waals surface area contributed by atoms with Crippen LogP contribution in [0.25, 0.3) is 22.5 Å². The maximum Gasteiger partial charge on any atom is 0.198 e. The molecule has 2 aliphatic heterocycles. The monoisotopic (exact) mass is 322 g/mol. The number of fused-ring (bicyclic) bond motifs is 1. The maximum atomic E-state index is 6.21. The number of nitrogen functional groups attached to an aromatic ring is 1. The van der Waals surface area contributed by atoms with Gasteiger partial charge in [-0.15, -0.1) is 0 Å². The van der Waals surface area contributed by atoms with E-state index in [-0.39, 0.29) is 5.95 Å². The summed E-state index contributed by atoms with van der Waals surface area (Å²) in [5.74, 6) is 0.859. The van der Waals surface area contributed by atoms with Gasteiger partial charge in [-0.3, -0.25) is 0 Å². The van der Waals surface area contributed by atoms with Gasteiger partial charge >= 0.3 is 0 Å². The molecule has 0 unspecified atom stereocenters. The van der Waals surface area contributed by atoms with Gasteiger partial charge in [-0.05, 0) is 18.2 Å². The predicted octanol–water partition coefficient (Wildman–Crippen LogP) is 4.19. The molecule has 3 rings (SSSR count). The highest BCUT2D eigenvalue weighted by Crippen LogP contribution is 2.36. The van der Waals surface area contributed by atoms with Gasteiger partial charge in [0.25, 0.3) is 0 Å². The molecule has 0 fully saturated rings. The van der Waals surface area contributed by atoms with E-state index >= 15 is 0 Å². The first kappa shape index (κ1) is 13.3. The van der Waals surface area contributed by atoms with Crippen LogP contribution in [0, 0.1) is 4.64 Å². The topological polar surface area (TPSA) is 67.6 Å². The molecule has 1 aromatic carbocycles. The molecule has 0 saturated carbocycles. The first-order chi connectivity index (χ1) is 9.56. The van der Waals surface area contributed by atoms with Gasteiger partial charge in [-0.25, -0.2) is 9.97 Å². The van der Waals surface area contributed by atoms with Crippen LogP contribution in [0.5, 0.6) is 0 Å². The lowest BCUT2D eigenvalue weighted by molar-refractivity contribution is 1.11. The Labute approximate surface area is 129 Å². The maximum absolute atomic E-state index is 6.21. The molecule has 0 aromatic heterocycles. The third kappa shape index (κ3) is 2.24. The van der Waals surface area contributed by atoms with E-state index in [9.17, 15) is 0 Å². The van der Waals surface area contributed by atoms with Crippen LogP contribution in [0.3, 0.4) is 0 Å². The number of pyridine rings is 1. The molecule has 0 radical (unpaired) electrons. The Morgan fingerprint density at radius 2 is 1.90 bits per heavy atom. The Bertz CT molecular complexity index is 811. The summed E-state index contributed by atoms with van der Waals surface area (Å²) in [7, 11) is 0. The number of H-pyrrole nitrogens is 1. The fourth-order valence-electron chi connectivity index (χ4n) is 1.94. The van der Waals surface area contributed by atoms with E-state index in [4.69, 9.17) is 41.2 Å². The van der Waals surface area contributed by atoms with Crippen LogP contribution in [0.2, 0.25) is 10.0 Å². The highest BCUT2D eigenvalue weighted by atomic mass is 35.5. The SMILES string of the molecule is Nc1ncc2cc(-c3c(Cl)cccc3Cl)c(=S)nc-2[nH]1. The summed E-state index contributed by atoms with van der Waals surface area (Å²) in [6.07, 6.45) is 1.62. The summed E-state index contributed by atoms with van der Waals surface area (Å²) < 4.78 is 0.398. The minimum absolute atomic E-state index is 0.280. The molecule has 0 bridgehead atoms. The van der Waals surface area contributed by atoms with E-state index in [2.05, 4.69) is 15.0 Å². The van der Waals surface area contributed by atoms with E-state index in [0.717, 1.165) is 5.56 Å². The highest BCUT2D eigenvalue weighted by Gasteiger charge is 2.14. The van der Waals surface area contributed by atoms with E-state index in [1.807, 2.05) is 6.07 Å². The minimum atomic E-state index is 0.280. The molecule has 0 atom stereocenters. The van der Waals surface area contributed by atoms with Crippen LogP contribution >= 0.6 is 35.4 Å². The zero-order valence-corrected chi connectivity index (χ0v) is 12.4. The van der Waals surface area contributed by atoms with Crippen LogP contribution < -0.4 is 5.73 Å². The number of nitrogens with two attached hydrogens (primary N) is 1. The molecule has 4 nitrogen and oxygen atoms in total. The van der Waals surface area contributed by atoms with Crippen molar-refractivity contribution in [2.24, 2.45) is 0 Å². The molecule has 0 amide bonds. The molecule has 0 aliphatic carbocycles. The largest absolute Gasteiger partial charge is 0.369 e. The molecule has 3 N–H and O–H groups in total. The molecular formula is C13H8Cl2N4S. The highest BCUT2D eigenvalue weighted by molar-refractivity contribution is 7.71. The van der Waals surface area contributed by atoms with Crippen molar-refractivity contribution in [2.45, 2.75) is 0 Å². The fourth-order valence-corrected chi connectivity index (χ4v) is 2.79. The number of anilines is 1. The normalized spacial score (nSPS) is 10.9. The van der Waals surface area contributed by atoms with Gasteiger partial charge in [0.05, 0.1) is 0 Å². The van der Waals surface area contributed by atoms with Crippen molar-refractivity contribution in [1.29, 1.82) is 0 Å². The third-order valence-electron chi connectivity index (χ3n) is 2.84. The van der Waals surface area contributed by atoms with Crippen LogP contribution in [0.4, 0.5) is 5.95 Å². The molecular weight excluding hydrogens is 315 g/mol. The van der Waals surface area contributed by atoms with Gasteiger partial charge in [0.1, 0.15) is 10.5 Å². The van der Waals surface area contributed by atoms with Gasteiger partial charge < -0.3 is 10.7 Å². The Balaban J connectivity index is 2.33. The van der Waals surface area contributed by atoms with Crippen LogP contribution in [0.1, 0.15) is 0 Å². The van der Waals surface area contributed by atoms with Crippen molar-refractivity contribution < 1.29 is 0 Å². The summed E-state index contributed by atoms with van der Waals surface area (Å²) in [5.41, 5.74) is 7.74. The molecule has 1 aromatic rings. The van der Waals surface area contributed by atoms with Crippen molar-refractivity contribution in [3.05, 3.63) is 45.1 Å². The van der Waals surface area contributed by atoms with Crippen LogP contribution in [0.15, 0.2) is 30.5 Å². The van der Waals surface area contributed by atoms with E-state index < -0.39 is 0 Å². The number of aromatic amines is 1. The van der Waals surface area contributed by atoms with Crippen molar-refractivity contribution in [2.75, 3.05) is 5.73 Å². The van der Waals surface area contributed by atoms with Crippen molar-refractivity contribution in [3.8, 4) is 22.5 Å². The summed E-state index contributed by atoms with van der Waals surface area (Å²) in [6.45, 7) is 0. The molecule has 0 spiro atoms. The standard InChI is InChI=1S/C13H8Cl2N4S/c14-8-2-1-3-9(15)10(8)7-4-6-5-17-13(16)19-11(6)18-12(7)20/h1-5H,(H3,16,17,18,19,20). The van der Waals surface area contributed by atoms with Crippen LogP contribution in [-0.4, -0.2) is 15.0 Å². The zero-order chi connectivity index (χ0) is 14.3. The van der Waals surface area contributed by atoms with Gasteiger partial charge in [-0.2, -0.15) is 0 Å². The summed E-state index contributed by atoms with van der Waals surface area (Å²) in [6, 6.07) is 7.15.